The molecule has 5 nitrogen and oxygen atoms in total. The van der Waals surface area contributed by atoms with Crippen LogP contribution in [0.2, 0.25) is 0 Å². The molecule has 2 aromatic rings. The molecule has 1 atom stereocenters. The molecule has 0 aliphatic heterocycles. The van der Waals surface area contributed by atoms with Crippen molar-refractivity contribution in [1.29, 1.82) is 0 Å². The van der Waals surface area contributed by atoms with E-state index in [1.54, 1.807) is 0 Å². The van der Waals surface area contributed by atoms with Crippen LogP contribution in [0.3, 0.4) is 0 Å². The monoisotopic (exact) mass is 457 g/mol. The van der Waals surface area contributed by atoms with Gasteiger partial charge in [-0.25, -0.2) is 4.79 Å². The molecule has 1 heterocycles. The van der Waals surface area contributed by atoms with Crippen LogP contribution in [0, 0.1) is 18.3 Å². The lowest BCUT2D eigenvalue weighted by atomic mass is 9.72. The van der Waals surface area contributed by atoms with Gasteiger partial charge in [-0.15, -0.1) is 11.3 Å². The first kappa shape index (κ1) is 24.3. The van der Waals surface area contributed by atoms with Crippen LogP contribution in [0.5, 0.6) is 5.75 Å². The number of carbonyl (C=O) groups is 2. The minimum Gasteiger partial charge on any atom is -0.483 e. The summed E-state index contributed by atoms with van der Waals surface area (Å²) in [6.07, 6.45) is 2.77. The highest BCUT2D eigenvalue weighted by molar-refractivity contribution is 7.17. The summed E-state index contributed by atoms with van der Waals surface area (Å²) in [5.74, 6) is 0.883. The number of hydrogen-bond acceptors (Lipinski definition) is 5. The Bertz CT molecular complexity index is 1000. The Kier molecular flexibility index (Phi) is 7.33. The zero-order valence-corrected chi connectivity index (χ0v) is 21.1. The minimum absolute atomic E-state index is 0.114. The quantitative estimate of drug-likeness (QED) is 0.530. The van der Waals surface area contributed by atoms with Crippen molar-refractivity contribution in [1.82, 2.24) is 0 Å². The summed E-state index contributed by atoms with van der Waals surface area (Å²) in [4.78, 5) is 26.5. The van der Waals surface area contributed by atoms with Gasteiger partial charge in [-0.3, -0.25) is 4.79 Å². The van der Waals surface area contributed by atoms with E-state index in [1.807, 2.05) is 25.1 Å². The number of carbonyl (C=O) groups excluding carboxylic acids is 2. The fourth-order valence-electron chi connectivity index (χ4n) is 4.28. The molecule has 1 unspecified atom stereocenters. The van der Waals surface area contributed by atoms with E-state index in [-0.39, 0.29) is 17.9 Å². The number of benzene rings is 1. The number of nitrogens with one attached hydrogen (secondary N) is 1. The molecule has 0 fully saturated rings. The fraction of sp³-hybridized carbons (Fsp3) is 0.538. The summed E-state index contributed by atoms with van der Waals surface area (Å²) in [5.41, 5.74) is 3.88. The molecule has 3 rings (SSSR count). The van der Waals surface area contributed by atoms with E-state index in [0.29, 0.717) is 22.4 Å². The largest absolute Gasteiger partial charge is 0.483 e. The van der Waals surface area contributed by atoms with Gasteiger partial charge in [0, 0.05) is 4.88 Å². The number of thiophene rings is 1. The van der Waals surface area contributed by atoms with Gasteiger partial charge < -0.3 is 14.8 Å². The van der Waals surface area contributed by atoms with E-state index in [4.69, 9.17) is 9.47 Å². The Morgan fingerprint density at radius 1 is 1.25 bits per heavy atom. The molecule has 6 heteroatoms. The van der Waals surface area contributed by atoms with E-state index < -0.39 is 5.97 Å². The highest BCUT2D eigenvalue weighted by Gasteiger charge is 2.34. The second-order valence-corrected chi connectivity index (χ2v) is 11.1. The van der Waals surface area contributed by atoms with E-state index >= 15 is 0 Å². The zero-order chi connectivity index (χ0) is 23.6. The molecule has 0 saturated heterocycles. The third kappa shape index (κ3) is 5.34. The van der Waals surface area contributed by atoms with E-state index in [1.165, 1.54) is 23.3 Å². The smallest absolute Gasteiger partial charge is 0.341 e. The summed E-state index contributed by atoms with van der Waals surface area (Å²) < 4.78 is 10.9. The summed E-state index contributed by atoms with van der Waals surface area (Å²) in [6.45, 7) is 12.9. The summed E-state index contributed by atoms with van der Waals surface area (Å²) >= 11 is 1.50. The van der Waals surface area contributed by atoms with Crippen LogP contribution in [0.1, 0.15) is 78.9 Å². The summed E-state index contributed by atoms with van der Waals surface area (Å²) in [6, 6.07) is 6.05. The Labute approximate surface area is 195 Å². The Balaban J connectivity index is 1.79. The molecule has 0 saturated carbocycles. The molecule has 1 aliphatic rings. The molecule has 1 N–H and O–H groups in total. The first-order valence-corrected chi connectivity index (χ1v) is 12.1. The standard InChI is InChI=1S/C26H35NO4S/c1-15(2)18-10-8-16(3)12-20(18)31-14-22(28)27-24-23(25(29)30-7)19-11-9-17(26(4,5)6)13-21(19)32-24/h8,10,12,15,17H,9,11,13-14H2,1-7H3,(H,27,28). The number of amides is 1. The van der Waals surface area contributed by atoms with Crippen molar-refractivity contribution >= 4 is 28.2 Å². The second-order valence-electron chi connectivity index (χ2n) is 10.0. The average molecular weight is 458 g/mol. The van der Waals surface area contributed by atoms with Crippen molar-refractivity contribution in [2.45, 2.75) is 66.7 Å². The molecule has 1 amide bonds. The summed E-state index contributed by atoms with van der Waals surface area (Å²) in [5, 5.41) is 3.49. The maximum absolute atomic E-state index is 12.8. The number of hydrogen-bond donors (Lipinski definition) is 1. The van der Waals surface area contributed by atoms with Crippen LogP contribution in [0.4, 0.5) is 5.00 Å². The van der Waals surface area contributed by atoms with Crippen LogP contribution in [0.25, 0.3) is 0 Å². The number of esters is 1. The number of ether oxygens (including phenoxy) is 2. The second kappa shape index (κ2) is 9.65. The van der Waals surface area contributed by atoms with Crippen molar-refractivity contribution in [3.05, 3.63) is 45.3 Å². The predicted octanol–water partition coefficient (Wildman–Crippen LogP) is 6.14. The lowest BCUT2D eigenvalue weighted by Crippen LogP contribution is -2.26. The predicted molar refractivity (Wildman–Crippen MR) is 130 cm³/mol. The molecular weight excluding hydrogens is 422 g/mol. The van der Waals surface area contributed by atoms with Crippen LogP contribution >= 0.6 is 11.3 Å². The van der Waals surface area contributed by atoms with Gasteiger partial charge in [0.25, 0.3) is 5.91 Å². The normalized spacial score (nSPS) is 15.9. The Hall–Kier alpha value is -2.34. The van der Waals surface area contributed by atoms with Gasteiger partial charge in [-0.2, -0.15) is 0 Å². The molecule has 0 spiro atoms. The van der Waals surface area contributed by atoms with Gasteiger partial charge in [-0.1, -0.05) is 46.8 Å². The topological polar surface area (TPSA) is 64.6 Å². The Morgan fingerprint density at radius 2 is 1.97 bits per heavy atom. The SMILES string of the molecule is COC(=O)c1c(NC(=O)COc2cc(C)ccc2C(C)C)sc2c1CCC(C(C)(C)C)C2. The maximum atomic E-state index is 12.8. The Morgan fingerprint density at radius 3 is 2.59 bits per heavy atom. The van der Waals surface area contributed by atoms with Crippen molar-refractivity contribution < 1.29 is 19.1 Å². The molecule has 1 aromatic carbocycles. The van der Waals surface area contributed by atoms with Gasteiger partial charge in [0.1, 0.15) is 10.8 Å². The van der Waals surface area contributed by atoms with Crippen molar-refractivity contribution in [2.75, 3.05) is 19.0 Å². The number of aryl methyl sites for hydroxylation is 1. The molecule has 1 aliphatic carbocycles. The van der Waals surface area contributed by atoms with E-state index in [0.717, 1.165) is 41.7 Å². The average Bonchev–Trinajstić information content (AvgIpc) is 3.07. The third-order valence-corrected chi connectivity index (χ3v) is 7.45. The van der Waals surface area contributed by atoms with Gasteiger partial charge in [0.05, 0.1) is 12.7 Å². The molecular formula is C26H35NO4S. The van der Waals surface area contributed by atoms with Gasteiger partial charge >= 0.3 is 5.97 Å². The first-order chi connectivity index (χ1) is 15.0. The lowest BCUT2D eigenvalue weighted by Gasteiger charge is -2.33. The third-order valence-electron chi connectivity index (χ3n) is 6.28. The fourth-order valence-corrected chi connectivity index (χ4v) is 5.61. The molecule has 174 valence electrons. The van der Waals surface area contributed by atoms with Crippen LogP contribution < -0.4 is 10.1 Å². The van der Waals surface area contributed by atoms with E-state index in [9.17, 15) is 9.59 Å². The molecule has 1 aromatic heterocycles. The highest BCUT2D eigenvalue weighted by atomic mass is 32.1. The highest BCUT2D eigenvalue weighted by Crippen LogP contribution is 2.44. The van der Waals surface area contributed by atoms with Crippen LogP contribution in [-0.4, -0.2) is 25.6 Å². The number of fused-ring (bicyclic) bond motifs is 1. The van der Waals surface area contributed by atoms with Gasteiger partial charge in [-0.05, 0) is 66.2 Å². The number of methoxy groups -OCH3 is 1. The van der Waals surface area contributed by atoms with Crippen molar-refractivity contribution in [2.24, 2.45) is 11.3 Å². The van der Waals surface area contributed by atoms with Crippen molar-refractivity contribution in [3.8, 4) is 5.75 Å². The molecule has 32 heavy (non-hydrogen) atoms. The lowest BCUT2D eigenvalue weighted by molar-refractivity contribution is -0.118. The summed E-state index contributed by atoms with van der Waals surface area (Å²) in [7, 11) is 1.38. The minimum atomic E-state index is -0.395. The molecule has 0 bridgehead atoms. The van der Waals surface area contributed by atoms with E-state index in [2.05, 4.69) is 39.9 Å². The van der Waals surface area contributed by atoms with Gasteiger partial charge in [0.2, 0.25) is 0 Å². The van der Waals surface area contributed by atoms with Gasteiger partial charge in [0.15, 0.2) is 6.61 Å². The number of rotatable bonds is 6. The maximum Gasteiger partial charge on any atom is 0.341 e. The zero-order valence-electron chi connectivity index (χ0n) is 20.3. The molecule has 0 radical (unpaired) electrons. The number of anilines is 1. The van der Waals surface area contributed by atoms with Crippen LogP contribution in [0.15, 0.2) is 18.2 Å². The van der Waals surface area contributed by atoms with Crippen LogP contribution in [-0.2, 0) is 22.4 Å². The van der Waals surface area contributed by atoms with Crippen molar-refractivity contribution in [3.63, 3.8) is 0 Å². The first-order valence-electron chi connectivity index (χ1n) is 11.3.